The quantitative estimate of drug-likeness (QED) is 0.817. The maximum absolute atomic E-state index is 13.3. The van der Waals surface area contributed by atoms with E-state index in [0.717, 1.165) is 36.1 Å². The number of hydrogen-bond acceptors (Lipinski definition) is 2. The molecule has 0 unspecified atom stereocenters. The third-order valence-corrected chi connectivity index (χ3v) is 5.17. The van der Waals surface area contributed by atoms with E-state index in [-0.39, 0.29) is 5.82 Å². The lowest BCUT2D eigenvalue weighted by molar-refractivity contribution is 0.170. The Kier molecular flexibility index (Phi) is 4.21. The van der Waals surface area contributed by atoms with Crippen molar-refractivity contribution in [3.05, 3.63) is 24.0 Å². The molecule has 5 heteroatoms. The minimum atomic E-state index is -0.243. The van der Waals surface area contributed by atoms with Crippen LogP contribution in [0.4, 0.5) is 15.8 Å². The molecule has 1 heterocycles. The van der Waals surface area contributed by atoms with Gasteiger partial charge in [0.2, 0.25) is 5.96 Å². The Hall–Kier alpha value is -1.78. The van der Waals surface area contributed by atoms with E-state index in [4.69, 9.17) is 4.99 Å². The van der Waals surface area contributed by atoms with Gasteiger partial charge in [-0.1, -0.05) is 20.8 Å². The topological polar surface area (TPSA) is 39.7 Å². The Bertz CT molecular complexity index is 598. The van der Waals surface area contributed by atoms with Crippen molar-refractivity contribution >= 4 is 17.3 Å². The Morgan fingerprint density at radius 2 is 1.83 bits per heavy atom. The van der Waals surface area contributed by atoms with E-state index in [2.05, 4.69) is 31.6 Å². The van der Waals surface area contributed by atoms with Gasteiger partial charge in [0.25, 0.3) is 0 Å². The third kappa shape index (κ3) is 3.43. The molecular weight excluding hydrogens is 291 g/mol. The van der Waals surface area contributed by atoms with Gasteiger partial charge >= 0.3 is 0 Å². The normalized spacial score (nSPS) is 26.5. The summed E-state index contributed by atoms with van der Waals surface area (Å²) >= 11 is 0. The predicted octanol–water partition coefficient (Wildman–Crippen LogP) is 4.15. The van der Waals surface area contributed by atoms with Crippen molar-refractivity contribution in [2.45, 2.75) is 52.5 Å². The molecule has 0 saturated heterocycles. The standard InChI is InChI=1S/C18H27FN4/c1-18(2,3)12-5-8-14(9-6-12)20-17-22-21-15-11-13(19)7-10-16(15)23(17)4/h7,10-12,14,21H,5-6,8-9H2,1-4H3,(H,20,22). The first-order valence-electron chi connectivity index (χ1n) is 8.47. The zero-order chi connectivity index (χ0) is 16.6. The Morgan fingerprint density at radius 3 is 2.48 bits per heavy atom. The van der Waals surface area contributed by atoms with Crippen LogP contribution >= 0.6 is 0 Å². The maximum Gasteiger partial charge on any atom is 0.217 e. The molecule has 23 heavy (non-hydrogen) atoms. The van der Waals surface area contributed by atoms with Gasteiger partial charge in [0.15, 0.2) is 0 Å². The van der Waals surface area contributed by atoms with Gasteiger partial charge < -0.3 is 4.90 Å². The summed E-state index contributed by atoms with van der Waals surface area (Å²) in [6, 6.07) is 5.12. The van der Waals surface area contributed by atoms with E-state index in [1.54, 1.807) is 6.07 Å². The van der Waals surface area contributed by atoms with Crippen LogP contribution in [0.15, 0.2) is 23.2 Å². The predicted molar refractivity (Wildman–Crippen MR) is 94.2 cm³/mol. The summed E-state index contributed by atoms with van der Waals surface area (Å²) in [4.78, 5) is 6.88. The lowest BCUT2D eigenvalue weighted by atomic mass is 9.71. The van der Waals surface area contributed by atoms with E-state index in [0.29, 0.717) is 11.5 Å². The minimum absolute atomic E-state index is 0.243. The van der Waals surface area contributed by atoms with Gasteiger partial charge in [0.05, 0.1) is 17.4 Å². The largest absolute Gasteiger partial charge is 0.312 e. The summed E-state index contributed by atoms with van der Waals surface area (Å²) < 4.78 is 13.3. The average Bonchev–Trinajstić information content (AvgIpc) is 2.50. The summed E-state index contributed by atoms with van der Waals surface area (Å²) in [5, 5.41) is 0. The summed E-state index contributed by atoms with van der Waals surface area (Å²) in [7, 11) is 1.96. The van der Waals surface area contributed by atoms with E-state index < -0.39 is 0 Å². The smallest absolute Gasteiger partial charge is 0.217 e. The van der Waals surface area contributed by atoms with Crippen LogP contribution in [0.5, 0.6) is 0 Å². The number of rotatable bonds is 1. The second-order valence-corrected chi connectivity index (χ2v) is 7.79. The van der Waals surface area contributed by atoms with Gasteiger partial charge in [-0.3, -0.25) is 10.9 Å². The molecule has 0 atom stereocenters. The first kappa shape index (κ1) is 16.1. The number of nitrogens with one attached hydrogen (secondary N) is 2. The van der Waals surface area contributed by atoms with E-state index >= 15 is 0 Å². The number of fused-ring (bicyclic) bond motifs is 1. The van der Waals surface area contributed by atoms with Crippen molar-refractivity contribution in [3.63, 3.8) is 0 Å². The molecule has 1 aromatic carbocycles. The summed E-state index contributed by atoms with van der Waals surface area (Å²) in [6.45, 7) is 7.00. The molecule has 3 rings (SSSR count). The van der Waals surface area contributed by atoms with Gasteiger partial charge in [-0.05, 0) is 49.1 Å². The van der Waals surface area contributed by atoms with Crippen LogP contribution in [-0.4, -0.2) is 19.0 Å². The van der Waals surface area contributed by atoms with Crippen LogP contribution in [0, 0.1) is 17.2 Å². The first-order valence-corrected chi connectivity index (χ1v) is 8.47. The highest BCUT2D eigenvalue weighted by molar-refractivity contribution is 6.02. The third-order valence-electron chi connectivity index (χ3n) is 5.17. The van der Waals surface area contributed by atoms with Crippen LogP contribution in [0.3, 0.4) is 0 Å². The molecule has 1 saturated carbocycles. The Morgan fingerprint density at radius 1 is 1.13 bits per heavy atom. The monoisotopic (exact) mass is 318 g/mol. The highest BCUT2D eigenvalue weighted by Gasteiger charge is 2.30. The number of hydrazine groups is 1. The van der Waals surface area contributed by atoms with Crippen molar-refractivity contribution in [2.75, 3.05) is 17.4 Å². The zero-order valence-electron chi connectivity index (χ0n) is 14.5. The van der Waals surface area contributed by atoms with E-state index in [1.807, 2.05) is 11.9 Å². The number of guanidine groups is 1. The van der Waals surface area contributed by atoms with Crippen LogP contribution in [0.1, 0.15) is 46.5 Å². The molecule has 2 aliphatic rings. The number of nitrogens with zero attached hydrogens (tertiary/aromatic N) is 2. The fourth-order valence-corrected chi connectivity index (χ4v) is 3.58. The second-order valence-electron chi connectivity index (χ2n) is 7.79. The highest BCUT2D eigenvalue weighted by atomic mass is 19.1. The number of benzene rings is 1. The number of anilines is 2. The van der Waals surface area contributed by atoms with Crippen LogP contribution in [0.25, 0.3) is 0 Å². The highest BCUT2D eigenvalue weighted by Crippen LogP contribution is 2.38. The number of hydrogen-bond donors (Lipinski definition) is 2. The summed E-state index contributed by atoms with van der Waals surface area (Å²) in [6.07, 6.45) is 4.75. The molecular formula is C18H27FN4. The van der Waals surface area contributed by atoms with Crippen molar-refractivity contribution in [1.29, 1.82) is 0 Å². The minimum Gasteiger partial charge on any atom is -0.312 e. The number of halogens is 1. The van der Waals surface area contributed by atoms with Crippen molar-refractivity contribution in [2.24, 2.45) is 16.3 Å². The van der Waals surface area contributed by atoms with Crippen LogP contribution < -0.4 is 15.8 Å². The fourth-order valence-electron chi connectivity index (χ4n) is 3.58. The maximum atomic E-state index is 13.3. The molecule has 126 valence electrons. The van der Waals surface area contributed by atoms with Gasteiger partial charge in [0, 0.05) is 13.1 Å². The lowest BCUT2D eigenvalue weighted by Crippen LogP contribution is -2.47. The number of aliphatic imine (C=N–C) groups is 1. The van der Waals surface area contributed by atoms with E-state index in [1.165, 1.54) is 25.0 Å². The van der Waals surface area contributed by atoms with Gasteiger partial charge in [-0.2, -0.15) is 0 Å². The van der Waals surface area contributed by atoms with Crippen LogP contribution in [0.2, 0.25) is 0 Å². The molecule has 0 aromatic heterocycles. The van der Waals surface area contributed by atoms with Gasteiger partial charge in [0.1, 0.15) is 5.82 Å². The molecule has 0 radical (unpaired) electrons. The van der Waals surface area contributed by atoms with E-state index in [9.17, 15) is 4.39 Å². The Labute approximate surface area is 138 Å². The molecule has 1 aromatic rings. The van der Waals surface area contributed by atoms with Gasteiger partial charge in [-0.25, -0.2) is 9.38 Å². The molecule has 1 fully saturated rings. The molecule has 4 nitrogen and oxygen atoms in total. The second kappa shape index (κ2) is 6.02. The zero-order valence-corrected chi connectivity index (χ0v) is 14.5. The van der Waals surface area contributed by atoms with Crippen molar-refractivity contribution in [3.8, 4) is 0 Å². The average molecular weight is 318 g/mol. The lowest BCUT2D eigenvalue weighted by Gasteiger charge is -2.37. The Balaban J connectivity index is 1.69. The molecule has 0 spiro atoms. The molecule has 0 bridgehead atoms. The van der Waals surface area contributed by atoms with Crippen molar-refractivity contribution < 1.29 is 4.39 Å². The van der Waals surface area contributed by atoms with Gasteiger partial charge in [-0.15, -0.1) is 0 Å². The molecule has 2 N–H and O–H groups in total. The summed E-state index contributed by atoms with van der Waals surface area (Å²) in [5.41, 5.74) is 8.21. The fraction of sp³-hybridized carbons (Fsp3) is 0.611. The van der Waals surface area contributed by atoms with Crippen molar-refractivity contribution in [1.82, 2.24) is 5.43 Å². The SMILES string of the molecule is CN1C(=NC2CCC(C(C)(C)C)CC2)NNc2cc(F)ccc21. The first-order chi connectivity index (χ1) is 10.8. The summed E-state index contributed by atoms with van der Waals surface area (Å²) in [5.74, 6) is 1.36. The molecule has 1 aliphatic carbocycles. The molecule has 0 amide bonds. The van der Waals surface area contributed by atoms with Crippen LogP contribution in [-0.2, 0) is 0 Å². The molecule has 1 aliphatic heterocycles.